The number of hydrogen-bond acceptors (Lipinski definition) is 5. The smallest absolute Gasteiger partial charge is 0.347 e. The third kappa shape index (κ3) is 7.54. The van der Waals surface area contributed by atoms with Crippen LogP contribution in [0.5, 0.6) is 0 Å². The van der Waals surface area contributed by atoms with E-state index in [2.05, 4.69) is 15.2 Å². The van der Waals surface area contributed by atoms with Crippen molar-refractivity contribution in [1.82, 2.24) is 15.2 Å². The molecule has 2 amide bonds. The molecule has 1 saturated heterocycles. The van der Waals surface area contributed by atoms with Crippen molar-refractivity contribution in [2.45, 2.75) is 71.6 Å². The number of likely N-dealkylation sites (tertiary alicyclic amines) is 1. The number of alkyl halides is 3. The van der Waals surface area contributed by atoms with Gasteiger partial charge in [0.2, 0.25) is 11.8 Å². The highest BCUT2D eigenvalue weighted by Gasteiger charge is 2.46. The van der Waals surface area contributed by atoms with Crippen molar-refractivity contribution in [1.29, 1.82) is 0 Å². The van der Waals surface area contributed by atoms with Gasteiger partial charge in [-0.15, -0.1) is 0 Å². The first-order valence-electron chi connectivity index (χ1n) is 12.8. The number of carbonyl (C=O) groups is 3. The van der Waals surface area contributed by atoms with Gasteiger partial charge in [0, 0.05) is 35.4 Å². The van der Waals surface area contributed by atoms with E-state index in [4.69, 9.17) is 0 Å². The van der Waals surface area contributed by atoms with Crippen LogP contribution in [-0.2, 0) is 19.3 Å². The second kappa shape index (κ2) is 12.6. The first-order valence-corrected chi connectivity index (χ1v) is 12.8. The Balaban J connectivity index is 1.91. The molecule has 1 aliphatic heterocycles. The van der Waals surface area contributed by atoms with Gasteiger partial charge in [0.15, 0.2) is 0 Å². The topological polar surface area (TPSA) is 88.6 Å². The van der Waals surface area contributed by atoms with Crippen molar-refractivity contribution in [3.63, 3.8) is 0 Å². The van der Waals surface area contributed by atoms with E-state index >= 15 is 0 Å². The van der Waals surface area contributed by atoms with Crippen LogP contribution >= 0.6 is 0 Å². The number of nitrogens with one attached hydrogen (secondary N) is 1. The van der Waals surface area contributed by atoms with Crippen molar-refractivity contribution in [2.24, 2.45) is 11.8 Å². The van der Waals surface area contributed by atoms with Gasteiger partial charge in [0.1, 0.15) is 6.04 Å². The van der Waals surface area contributed by atoms with Gasteiger partial charge in [-0.3, -0.25) is 19.5 Å². The van der Waals surface area contributed by atoms with Gasteiger partial charge in [-0.2, -0.15) is 13.2 Å². The van der Waals surface area contributed by atoms with Crippen molar-refractivity contribution >= 4 is 17.8 Å². The molecule has 7 nitrogen and oxygen atoms in total. The van der Waals surface area contributed by atoms with Crippen LogP contribution in [0, 0.1) is 25.7 Å². The average molecular weight is 552 g/mol. The number of aromatic nitrogens is 1. The average Bonchev–Trinajstić information content (AvgIpc) is 2.86. The number of piperidine rings is 1. The van der Waals surface area contributed by atoms with E-state index in [1.807, 2.05) is 45.9 Å². The molecular weight excluding hydrogens is 518 g/mol. The molecule has 1 aromatic carbocycles. The quantitative estimate of drug-likeness (QED) is 0.413. The zero-order chi connectivity index (χ0) is 28.9. The molecule has 39 heavy (non-hydrogen) atoms. The van der Waals surface area contributed by atoms with Crippen LogP contribution in [-0.4, -0.2) is 46.4 Å². The second-order valence-corrected chi connectivity index (χ2v) is 10.5. The Bertz CT molecular complexity index is 1180. The molecular formula is C28H33F4N3O4. The summed E-state index contributed by atoms with van der Waals surface area (Å²) in [7, 11) is 0. The van der Waals surface area contributed by atoms with Gasteiger partial charge in [-0.05, 0) is 60.9 Å². The monoisotopic (exact) mass is 551 g/mol. The third-order valence-electron chi connectivity index (χ3n) is 7.00. The molecule has 1 fully saturated rings. The van der Waals surface area contributed by atoms with E-state index in [9.17, 15) is 32.1 Å². The molecule has 0 radical (unpaired) electrons. The van der Waals surface area contributed by atoms with Crippen molar-refractivity contribution < 1.29 is 37.0 Å². The lowest BCUT2D eigenvalue weighted by Crippen LogP contribution is -2.54. The lowest BCUT2D eigenvalue weighted by Gasteiger charge is -2.38. The standard InChI is InChI=1S/C28H33F4N3O4/c1-16(2)10-23(35-9-8-21(12-24(35)36)28(29,30)31)27(38)34-22(13-25(37)39-32)19-11-20(15-33-14-19)26-17(3)6-5-7-18(26)4/h5-7,11,14-16,21-23H,8-10,12-13H2,1-4H3,(H,34,38)/t21-,22+,23?/m1/s1. The maximum atomic E-state index is 13.5. The highest BCUT2D eigenvalue weighted by Crippen LogP contribution is 2.36. The van der Waals surface area contributed by atoms with Gasteiger partial charge in [-0.25, -0.2) is 4.79 Å². The van der Waals surface area contributed by atoms with E-state index in [0.29, 0.717) is 5.56 Å². The number of amides is 2. The number of benzene rings is 1. The first kappa shape index (κ1) is 30.0. The fourth-order valence-electron chi connectivity index (χ4n) is 5.05. The van der Waals surface area contributed by atoms with E-state index in [-0.39, 0.29) is 25.3 Å². The zero-order valence-corrected chi connectivity index (χ0v) is 22.3. The van der Waals surface area contributed by atoms with E-state index in [1.165, 1.54) is 11.1 Å². The number of nitrogens with zero attached hydrogens (tertiary/aromatic N) is 2. The summed E-state index contributed by atoms with van der Waals surface area (Å²) in [5.41, 5.74) is 4.00. The van der Waals surface area contributed by atoms with Gasteiger partial charge in [0.25, 0.3) is 0 Å². The van der Waals surface area contributed by atoms with Crippen molar-refractivity contribution in [2.75, 3.05) is 6.54 Å². The molecule has 3 rings (SSSR count). The Morgan fingerprint density at radius 3 is 2.41 bits per heavy atom. The highest BCUT2D eigenvalue weighted by molar-refractivity contribution is 5.89. The minimum Gasteiger partial charge on any atom is -0.347 e. The summed E-state index contributed by atoms with van der Waals surface area (Å²) >= 11 is 0. The fourth-order valence-corrected chi connectivity index (χ4v) is 5.05. The van der Waals surface area contributed by atoms with E-state index in [0.717, 1.165) is 22.3 Å². The first-order chi connectivity index (χ1) is 18.3. The summed E-state index contributed by atoms with van der Waals surface area (Å²) in [6.45, 7) is 7.29. The Labute approximate surface area is 224 Å². The normalized spacial score (nSPS) is 17.6. The lowest BCUT2D eigenvalue weighted by atomic mass is 9.92. The molecule has 0 spiro atoms. The molecule has 1 N–H and O–H groups in total. The van der Waals surface area contributed by atoms with Crippen LogP contribution in [0.3, 0.4) is 0 Å². The fraction of sp³-hybridized carbons (Fsp3) is 0.500. The molecule has 0 aliphatic carbocycles. The Morgan fingerprint density at radius 2 is 1.85 bits per heavy atom. The minimum absolute atomic E-state index is 0.0721. The van der Waals surface area contributed by atoms with Crippen LogP contribution in [0.25, 0.3) is 11.1 Å². The number of hydrogen-bond donors (Lipinski definition) is 1. The van der Waals surface area contributed by atoms with Gasteiger partial charge >= 0.3 is 12.1 Å². The Kier molecular flexibility index (Phi) is 9.68. The number of pyridine rings is 1. The number of rotatable bonds is 9. The molecule has 0 bridgehead atoms. The molecule has 3 atom stereocenters. The number of carbonyl (C=O) groups excluding carboxylic acids is 3. The summed E-state index contributed by atoms with van der Waals surface area (Å²) < 4.78 is 52.3. The molecule has 212 valence electrons. The van der Waals surface area contributed by atoms with Crippen LogP contribution in [0.2, 0.25) is 0 Å². The lowest BCUT2D eigenvalue weighted by molar-refractivity contribution is -0.191. The summed E-state index contributed by atoms with van der Waals surface area (Å²) in [5, 5.41) is 2.71. The SMILES string of the molecule is Cc1cccc(C)c1-c1cncc([C@H](CC(=O)OF)NC(=O)C(CC(C)C)N2CC[C@@H](C(F)(F)F)CC2=O)c1. The third-order valence-corrected chi connectivity index (χ3v) is 7.00. The largest absolute Gasteiger partial charge is 0.392 e. The van der Waals surface area contributed by atoms with Gasteiger partial charge in [0.05, 0.1) is 18.4 Å². The molecule has 2 heterocycles. The molecule has 1 aliphatic rings. The van der Waals surface area contributed by atoms with Crippen molar-refractivity contribution in [3.05, 3.63) is 53.3 Å². The predicted octanol–water partition coefficient (Wildman–Crippen LogP) is 5.56. The number of halogens is 4. The van der Waals surface area contributed by atoms with Crippen LogP contribution < -0.4 is 5.32 Å². The summed E-state index contributed by atoms with van der Waals surface area (Å²) in [4.78, 5) is 47.0. The van der Waals surface area contributed by atoms with Gasteiger partial charge < -0.3 is 10.2 Å². The summed E-state index contributed by atoms with van der Waals surface area (Å²) in [6.07, 6.45) is -2.83. The van der Waals surface area contributed by atoms with E-state index < -0.39 is 54.8 Å². The molecule has 0 saturated carbocycles. The van der Waals surface area contributed by atoms with Crippen molar-refractivity contribution in [3.8, 4) is 11.1 Å². The van der Waals surface area contributed by atoms with Crippen LogP contribution in [0.4, 0.5) is 17.7 Å². The Morgan fingerprint density at radius 1 is 1.18 bits per heavy atom. The molecule has 1 aromatic heterocycles. The maximum absolute atomic E-state index is 13.5. The highest BCUT2D eigenvalue weighted by atomic mass is 19.4. The molecule has 11 heteroatoms. The maximum Gasteiger partial charge on any atom is 0.392 e. The predicted molar refractivity (Wildman–Crippen MR) is 136 cm³/mol. The molecule has 1 unspecified atom stereocenters. The van der Waals surface area contributed by atoms with Crippen LogP contribution in [0.15, 0.2) is 36.7 Å². The minimum atomic E-state index is -4.50. The van der Waals surface area contributed by atoms with Crippen LogP contribution in [0.1, 0.15) is 62.3 Å². The number of aryl methyl sites for hydroxylation is 2. The zero-order valence-electron chi connectivity index (χ0n) is 22.3. The van der Waals surface area contributed by atoms with E-state index in [1.54, 1.807) is 12.3 Å². The summed E-state index contributed by atoms with van der Waals surface area (Å²) in [6, 6.07) is 5.39. The Hall–Kier alpha value is -3.50. The summed E-state index contributed by atoms with van der Waals surface area (Å²) in [5.74, 6) is -4.47. The second-order valence-electron chi connectivity index (χ2n) is 10.5. The molecule has 2 aromatic rings. The van der Waals surface area contributed by atoms with Gasteiger partial charge in [-0.1, -0.05) is 32.0 Å².